The van der Waals surface area contributed by atoms with E-state index in [1.165, 1.54) is 10.8 Å². The number of rotatable bonds is 4. The number of nitrogens with zero attached hydrogens (tertiary/aromatic N) is 5. The second kappa shape index (κ2) is 9.00. The van der Waals surface area contributed by atoms with Gasteiger partial charge in [-0.3, -0.25) is 23.9 Å². The van der Waals surface area contributed by atoms with Crippen LogP contribution in [0, 0.1) is 6.92 Å². The Morgan fingerprint density at radius 1 is 1.03 bits per heavy atom. The Kier molecular flexibility index (Phi) is 5.84. The fourth-order valence-electron chi connectivity index (χ4n) is 4.48. The fraction of sp³-hybridized carbons (Fsp3) is 0.280. The third-order valence-corrected chi connectivity index (χ3v) is 6.43. The monoisotopic (exact) mass is 490 g/mol. The average molecular weight is 491 g/mol. The number of aromatic amines is 1. The van der Waals surface area contributed by atoms with E-state index in [0.717, 1.165) is 21.3 Å². The van der Waals surface area contributed by atoms with Crippen LogP contribution in [0.15, 0.2) is 55.8 Å². The van der Waals surface area contributed by atoms with Gasteiger partial charge in [0.1, 0.15) is 5.56 Å². The van der Waals surface area contributed by atoms with E-state index in [-0.39, 0.29) is 11.3 Å². The largest absolute Gasteiger partial charge is 0.493 e. The maximum Gasteiger partial charge on any atom is 0.335 e. The van der Waals surface area contributed by atoms with Crippen molar-refractivity contribution in [1.29, 1.82) is 0 Å². The zero-order chi connectivity index (χ0) is 25.6. The number of imidazole rings is 1. The number of aromatic nitrogens is 4. The number of ether oxygens (including phenoxy) is 1. The van der Waals surface area contributed by atoms with Crippen molar-refractivity contribution < 1.29 is 9.84 Å². The van der Waals surface area contributed by atoms with Crippen molar-refractivity contribution in [1.82, 2.24) is 18.7 Å². The molecule has 0 radical (unpaired) electrons. The molecule has 1 fully saturated rings. The summed E-state index contributed by atoms with van der Waals surface area (Å²) in [4.78, 5) is 46.6. The van der Waals surface area contributed by atoms with Crippen molar-refractivity contribution in [2.75, 3.05) is 31.2 Å². The number of aryl methyl sites for hydroxylation is 3. The molecule has 1 aliphatic rings. The zero-order valence-corrected chi connectivity index (χ0v) is 20.2. The van der Waals surface area contributed by atoms with Gasteiger partial charge in [-0.05, 0) is 36.8 Å². The molecule has 2 aromatic carbocycles. The van der Waals surface area contributed by atoms with Gasteiger partial charge in [-0.2, -0.15) is 0 Å². The topological polar surface area (TPSA) is 127 Å². The van der Waals surface area contributed by atoms with E-state index >= 15 is 0 Å². The maximum atomic E-state index is 12.6. The van der Waals surface area contributed by atoms with Crippen molar-refractivity contribution in [2.45, 2.75) is 6.92 Å². The molecule has 186 valence electrons. The lowest BCUT2D eigenvalue weighted by atomic mass is 10.2. The molecule has 0 bridgehead atoms. The third-order valence-electron chi connectivity index (χ3n) is 6.43. The molecular weight excluding hydrogens is 464 g/mol. The quantitative estimate of drug-likeness (QED) is 0.416. The number of nitrogens with one attached hydrogen (secondary N) is 1. The summed E-state index contributed by atoms with van der Waals surface area (Å²) in [5, 5.41) is 10.9. The maximum absolute atomic E-state index is 12.6. The molecule has 36 heavy (non-hydrogen) atoms. The van der Waals surface area contributed by atoms with Gasteiger partial charge in [-0.25, -0.2) is 14.2 Å². The van der Waals surface area contributed by atoms with Crippen LogP contribution in [0.1, 0.15) is 11.1 Å². The Labute approximate surface area is 205 Å². The molecule has 0 atom stereocenters. The number of hydrogen-bond acceptors (Lipinski definition) is 7. The Balaban J connectivity index is 1.68. The first-order chi connectivity index (χ1) is 17.3. The lowest BCUT2D eigenvalue weighted by Gasteiger charge is -2.30. The molecule has 0 saturated carbocycles. The lowest BCUT2D eigenvalue weighted by molar-refractivity contribution is 0.123. The van der Waals surface area contributed by atoms with Crippen molar-refractivity contribution in [2.24, 2.45) is 19.1 Å². The average Bonchev–Trinajstić information content (AvgIpc) is 3.07. The van der Waals surface area contributed by atoms with E-state index in [2.05, 4.69) is 14.9 Å². The van der Waals surface area contributed by atoms with Crippen molar-refractivity contribution in [3.63, 3.8) is 0 Å². The van der Waals surface area contributed by atoms with Gasteiger partial charge in [-0.15, -0.1) is 0 Å². The van der Waals surface area contributed by atoms with Gasteiger partial charge >= 0.3 is 11.4 Å². The van der Waals surface area contributed by atoms with Gasteiger partial charge in [0.2, 0.25) is 5.88 Å². The molecule has 0 spiro atoms. The molecule has 1 aliphatic heterocycles. The first-order valence-electron chi connectivity index (χ1n) is 11.5. The van der Waals surface area contributed by atoms with Gasteiger partial charge in [0.15, 0.2) is 0 Å². The van der Waals surface area contributed by atoms with Crippen LogP contribution in [0.5, 0.6) is 5.88 Å². The number of anilines is 1. The van der Waals surface area contributed by atoms with E-state index in [1.807, 2.05) is 19.1 Å². The van der Waals surface area contributed by atoms with E-state index in [4.69, 9.17) is 4.74 Å². The lowest BCUT2D eigenvalue weighted by Crippen LogP contribution is -2.36. The summed E-state index contributed by atoms with van der Waals surface area (Å²) in [5.41, 5.74) is 2.16. The molecule has 11 nitrogen and oxygen atoms in total. The van der Waals surface area contributed by atoms with Crippen molar-refractivity contribution >= 4 is 28.6 Å². The number of fused-ring (bicyclic) bond motifs is 1. The molecule has 0 unspecified atom stereocenters. The summed E-state index contributed by atoms with van der Waals surface area (Å²) in [6.07, 6.45) is 1.24. The minimum Gasteiger partial charge on any atom is -0.493 e. The number of benzene rings is 2. The predicted octanol–water partition coefficient (Wildman–Crippen LogP) is 1.32. The Morgan fingerprint density at radius 3 is 2.42 bits per heavy atom. The van der Waals surface area contributed by atoms with Gasteiger partial charge in [0.25, 0.3) is 5.56 Å². The highest BCUT2D eigenvalue weighted by Gasteiger charge is 2.20. The van der Waals surface area contributed by atoms with Crippen LogP contribution in [0.25, 0.3) is 16.7 Å². The SMILES string of the molecule is Cc1cccc(-n2c(O)c(C=Nc3cc4c(cc3N3CCOCC3)n(C)c(=O)n4C)c(=O)[nH]c2=O)c1. The predicted molar refractivity (Wildman–Crippen MR) is 138 cm³/mol. The van der Waals surface area contributed by atoms with E-state index in [0.29, 0.717) is 43.2 Å². The Hall–Kier alpha value is -4.38. The molecule has 4 aromatic rings. The standard InChI is InChI=1S/C25H26N6O5/c1-15-5-4-6-16(11-15)31-23(33)17(22(32)27-24(31)34)14-26-18-12-20-21(29(3)25(35)28(20)2)13-19(18)30-7-9-36-10-8-30/h4-6,11-14,33H,7-10H2,1-3H3,(H,27,32,34). The highest BCUT2D eigenvalue weighted by Crippen LogP contribution is 2.34. The minimum absolute atomic E-state index is 0.161. The van der Waals surface area contributed by atoms with Gasteiger partial charge in [0, 0.05) is 33.4 Å². The van der Waals surface area contributed by atoms with Crippen molar-refractivity contribution in [3.8, 4) is 11.6 Å². The summed E-state index contributed by atoms with van der Waals surface area (Å²) >= 11 is 0. The fourth-order valence-corrected chi connectivity index (χ4v) is 4.48. The molecule has 2 aromatic heterocycles. The summed E-state index contributed by atoms with van der Waals surface area (Å²) in [5.74, 6) is -0.515. The third kappa shape index (κ3) is 3.93. The summed E-state index contributed by atoms with van der Waals surface area (Å²) < 4.78 is 9.61. The number of aliphatic imine (C=N–C) groups is 1. The molecule has 2 N–H and O–H groups in total. The number of H-pyrrole nitrogens is 1. The Morgan fingerprint density at radius 2 is 1.72 bits per heavy atom. The van der Waals surface area contributed by atoms with Gasteiger partial charge in [-0.1, -0.05) is 12.1 Å². The van der Waals surface area contributed by atoms with Crippen LogP contribution in [0.4, 0.5) is 11.4 Å². The zero-order valence-electron chi connectivity index (χ0n) is 20.2. The van der Waals surface area contributed by atoms with Crippen molar-refractivity contribution in [3.05, 3.63) is 78.8 Å². The number of hydrogen-bond donors (Lipinski definition) is 2. The highest BCUT2D eigenvalue weighted by atomic mass is 16.5. The second-order valence-corrected chi connectivity index (χ2v) is 8.76. The summed E-state index contributed by atoms with van der Waals surface area (Å²) in [7, 11) is 3.39. The van der Waals surface area contributed by atoms with Crippen LogP contribution in [-0.4, -0.2) is 56.3 Å². The van der Waals surface area contributed by atoms with Crippen LogP contribution < -0.4 is 21.8 Å². The van der Waals surface area contributed by atoms with E-state index in [1.54, 1.807) is 42.9 Å². The summed E-state index contributed by atoms with van der Waals surface area (Å²) in [6, 6.07) is 10.7. The second-order valence-electron chi connectivity index (χ2n) is 8.76. The molecule has 1 saturated heterocycles. The van der Waals surface area contributed by atoms with E-state index in [9.17, 15) is 19.5 Å². The molecule has 11 heteroatoms. The van der Waals surface area contributed by atoms with E-state index < -0.39 is 17.1 Å². The first-order valence-corrected chi connectivity index (χ1v) is 11.5. The Bertz CT molecular complexity index is 1680. The number of aromatic hydroxyl groups is 1. The summed E-state index contributed by atoms with van der Waals surface area (Å²) in [6.45, 7) is 4.24. The van der Waals surface area contributed by atoms with Crippen LogP contribution in [0.2, 0.25) is 0 Å². The molecule has 0 amide bonds. The highest BCUT2D eigenvalue weighted by molar-refractivity contribution is 5.92. The van der Waals surface area contributed by atoms with Crippen LogP contribution in [0.3, 0.4) is 0 Å². The van der Waals surface area contributed by atoms with Crippen LogP contribution in [-0.2, 0) is 18.8 Å². The molecular formula is C25H26N6O5. The van der Waals surface area contributed by atoms with Gasteiger partial charge < -0.3 is 14.7 Å². The normalized spacial score (nSPS) is 14.2. The van der Waals surface area contributed by atoms with Crippen LogP contribution >= 0.6 is 0 Å². The van der Waals surface area contributed by atoms with Gasteiger partial charge in [0.05, 0.1) is 41.3 Å². The molecule has 0 aliphatic carbocycles. The minimum atomic E-state index is -0.758. The molecule has 3 heterocycles. The first kappa shape index (κ1) is 23.4. The number of morpholine rings is 1. The smallest absolute Gasteiger partial charge is 0.335 e. The molecule has 5 rings (SSSR count).